The van der Waals surface area contributed by atoms with E-state index in [0.717, 1.165) is 13.2 Å². The first-order chi connectivity index (χ1) is 2.50. The summed E-state index contributed by atoms with van der Waals surface area (Å²) in [7, 11) is 0. The van der Waals surface area contributed by atoms with Gasteiger partial charge in [-0.25, -0.2) is 0 Å². The smallest absolute Gasteiger partial charge is 0.0466 e. The topological polar surface area (TPSA) is 9.23 Å². The van der Waals surface area contributed by atoms with E-state index < -0.39 is 0 Å². The predicted octanol–water partition coefficient (Wildman–Crippen LogP) is 0.794. The zero-order valence-corrected chi connectivity index (χ0v) is 4.54. The van der Waals surface area contributed by atoms with Crippen molar-refractivity contribution < 1.29 is 21.2 Å². The largest absolute Gasteiger partial charge is 0.381 e. The second-order valence-corrected chi connectivity index (χ2v) is 1.32. The van der Waals surface area contributed by atoms with Crippen molar-refractivity contribution in [2.45, 2.75) is 12.8 Å². The third-order valence-corrected chi connectivity index (χ3v) is 0.827. The summed E-state index contributed by atoms with van der Waals surface area (Å²) in [6.07, 6.45) is 2.56. The molecule has 0 saturated carbocycles. The van der Waals surface area contributed by atoms with Crippen molar-refractivity contribution in [1.82, 2.24) is 0 Å². The van der Waals surface area contributed by atoms with Gasteiger partial charge in [0.05, 0.1) is 0 Å². The molecule has 0 aromatic carbocycles. The van der Waals surface area contributed by atoms with Gasteiger partial charge in [-0.05, 0) is 12.8 Å². The average Bonchev–Trinajstić information content (AvgIpc) is 1.76. The standard InChI is InChI=1S/C4H8O.Ni/c1-2-4-5-3-1;/h1-4H2;. The first-order valence-corrected chi connectivity index (χ1v) is 2.08. The molecular formula is C4H8NiO. The van der Waals surface area contributed by atoms with E-state index in [1.165, 1.54) is 12.8 Å². The Kier molecular flexibility index (Phi) is 3.91. The summed E-state index contributed by atoms with van der Waals surface area (Å²) in [5.74, 6) is 0. The number of hydrogen-bond acceptors (Lipinski definition) is 1. The van der Waals surface area contributed by atoms with E-state index in [-0.39, 0.29) is 16.5 Å². The van der Waals surface area contributed by atoms with Crippen molar-refractivity contribution >= 4 is 0 Å². The van der Waals surface area contributed by atoms with Gasteiger partial charge in [-0.1, -0.05) is 0 Å². The van der Waals surface area contributed by atoms with Gasteiger partial charge in [0, 0.05) is 29.7 Å². The van der Waals surface area contributed by atoms with Crippen molar-refractivity contribution in [2.75, 3.05) is 13.2 Å². The SMILES string of the molecule is C1CCOC1.[Ni]. The molecule has 1 heterocycles. The Morgan fingerprint density at radius 2 is 1.50 bits per heavy atom. The van der Waals surface area contributed by atoms with Crippen LogP contribution in [0.3, 0.4) is 0 Å². The van der Waals surface area contributed by atoms with Gasteiger partial charge in [-0.2, -0.15) is 0 Å². The Morgan fingerprint density at radius 1 is 1.00 bits per heavy atom. The van der Waals surface area contributed by atoms with Crippen LogP contribution in [0, 0.1) is 0 Å². The Bertz CT molecular complexity index is 19.1. The van der Waals surface area contributed by atoms with Gasteiger partial charge in [0.25, 0.3) is 0 Å². The van der Waals surface area contributed by atoms with E-state index >= 15 is 0 Å². The fourth-order valence-corrected chi connectivity index (χ4v) is 0.510. The van der Waals surface area contributed by atoms with Crippen LogP contribution in [0.5, 0.6) is 0 Å². The summed E-state index contributed by atoms with van der Waals surface area (Å²) in [4.78, 5) is 0. The molecule has 2 heteroatoms. The maximum absolute atomic E-state index is 4.94. The van der Waals surface area contributed by atoms with Gasteiger partial charge < -0.3 is 4.74 Å². The number of ether oxygens (including phenoxy) is 1. The van der Waals surface area contributed by atoms with E-state index in [9.17, 15) is 0 Å². The van der Waals surface area contributed by atoms with E-state index in [0.29, 0.717) is 0 Å². The van der Waals surface area contributed by atoms with Crippen molar-refractivity contribution in [2.24, 2.45) is 0 Å². The van der Waals surface area contributed by atoms with Crippen molar-refractivity contribution in [3.63, 3.8) is 0 Å². The Hall–Kier alpha value is 0.454. The van der Waals surface area contributed by atoms with Crippen molar-refractivity contribution in [3.05, 3.63) is 0 Å². The molecule has 0 aromatic heterocycles. The summed E-state index contributed by atoms with van der Waals surface area (Å²) in [6.45, 7) is 2.00. The molecule has 40 valence electrons. The monoisotopic (exact) mass is 130 g/mol. The van der Waals surface area contributed by atoms with Crippen LogP contribution in [0.15, 0.2) is 0 Å². The quantitative estimate of drug-likeness (QED) is 0.441. The van der Waals surface area contributed by atoms with Crippen molar-refractivity contribution in [1.29, 1.82) is 0 Å². The predicted molar refractivity (Wildman–Crippen MR) is 20.1 cm³/mol. The molecule has 6 heavy (non-hydrogen) atoms. The van der Waals surface area contributed by atoms with Crippen LogP contribution in [0.25, 0.3) is 0 Å². The average molecular weight is 131 g/mol. The van der Waals surface area contributed by atoms with Gasteiger partial charge in [0.1, 0.15) is 0 Å². The normalized spacial score (nSPS) is 20.0. The molecule has 1 fully saturated rings. The van der Waals surface area contributed by atoms with Gasteiger partial charge in [-0.15, -0.1) is 0 Å². The van der Waals surface area contributed by atoms with Gasteiger partial charge in [0.15, 0.2) is 0 Å². The summed E-state index contributed by atoms with van der Waals surface area (Å²) >= 11 is 0. The molecule has 0 radical (unpaired) electrons. The van der Waals surface area contributed by atoms with Crippen LogP contribution in [0.1, 0.15) is 12.8 Å². The molecule has 1 aliphatic heterocycles. The summed E-state index contributed by atoms with van der Waals surface area (Å²) < 4.78 is 4.94. The minimum Gasteiger partial charge on any atom is -0.381 e. The molecule has 1 nitrogen and oxygen atoms in total. The van der Waals surface area contributed by atoms with Gasteiger partial charge >= 0.3 is 0 Å². The molecule has 0 bridgehead atoms. The third-order valence-electron chi connectivity index (χ3n) is 0.827. The third kappa shape index (κ3) is 1.79. The van der Waals surface area contributed by atoms with Gasteiger partial charge in [0.2, 0.25) is 0 Å². The first kappa shape index (κ1) is 6.45. The summed E-state index contributed by atoms with van der Waals surface area (Å²) in [5, 5.41) is 0. The number of hydrogen-bond donors (Lipinski definition) is 0. The molecule has 1 aliphatic rings. The number of rotatable bonds is 0. The Labute approximate surface area is 48.0 Å². The fraction of sp³-hybridized carbons (Fsp3) is 1.00. The van der Waals surface area contributed by atoms with Crippen LogP contribution in [-0.4, -0.2) is 13.2 Å². The molecule has 0 aliphatic carbocycles. The molecule has 0 spiro atoms. The minimum atomic E-state index is 0. The van der Waals surface area contributed by atoms with Crippen LogP contribution in [0.4, 0.5) is 0 Å². The maximum Gasteiger partial charge on any atom is 0.0466 e. The Morgan fingerprint density at radius 3 is 1.67 bits per heavy atom. The van der Waals surface area contributed by atoms with E-state index in [1.807, 2.05) is 0 Å². The summed E-state index contributed by atoms with van der Waals surface area (Å²) in [6, 6.07) is 0. The second-order valence-electron chi connectivity index (χ2n) is 1.32. The molecule has 0 atom stereocenters. The minimum absolute atomic E-state index is 0. The molecule has 0 aromatic rings. The van der Waals surface area contributed by atoms with Crippen LogP contribution in [-0.2, 0) is 21.2 Å². The van der Waals surface area contributed by atoms with Gasteiger partial charge in [-0.3, -0.25) is 0 Å². The maximum atomic E-state index is 4.94. The first-order valence-electron chi connectivity index (χ1n) is 2.08. The van der Waals surface area contributed by atoms with Crippen LogP contribution < -0.4 is 0 Å². The molecule has 0 N–H and O–H groups in total. The Balaban J connectivity index is 0.000000250. The summed E-state index contributed by atoms with van der Waals surface area (Å²) in [5.41, 5.74) is 0. The van der Waals surface area contributed by atoms with E-state index in [2.05, 4.69) is 0 Å². The molecule has 0 unspecified atom stereocenters. The zero-order valence-electron chi connectivity index (χ0n) is 3.55. The fourth-order valence-electron chi connectivity index (χ4n) is 0.510. The zero-order chi connectivity index (χ0) is 3.54. The molecular weight excluding hydrogens is 123 g/mol. The van der Waals surface area contributed by atoms with Crippen LogP contribution in [0.2, 0.25) is 0 Å². The molecule has 1 saturated heterocycles. The second kappa shape index (κ2) is 3.64. The van der Waals surface area contributed by atoms with E-state index in [1.54, 1.807) is 0 Å². The molecule has 1 rings (SSSR count). The van der Waals surface area contributed by atoms with E-state index in [4.69, 9.17) is 4.74 Å². The van der Waals surface area contributed by atoms with Crippen LogP contribution >= 0.6 is 0 Å². The van der Waals surface area contributed by atoms with Crippen molar-refractivity contribution in [3.8, 4) is 0 Å². The molecule has 0 amide bonds.